The van der Waals surface area contributed by atoms with Crippen molar-refractivity contribution in [3.05, 3.63) is 54.1 Å². The number of carbonyl (C=O) groups excluding carboxylic acids is 1. The van der Waals surface area contributed by atoms with Crippen LogP contribution >= 0.6 is 0 Å². The maximum Gasteiger partial charge on any atom is 0.146 e. The van der Waals surface area contributed by atoms with Crippen LogP contribution in [0.4, 0.5) is 0 Å². The Hall–Kier alpha value is -1.63. The molecule has 84 valence electrons. The molecule has 0 fully saturated rings. The van der Waals surface area contributed by atoms with Gasteiger partial charge in [0.05, 0.1) is 0 Å². The van der Waals surface area contributed by atoms with Crippen LogP contribution in [0.15, 0.2) is 48.6 Å². The van der Waals surface area contributed by atoms with Crippen LogP contribution in [0.5, 0.6) is 0 Å². The van der Waals surface area contributed by atoms with E-state index < -0.39 is 0 Å². The van der Waals surface area contributed by atoms with E-state index in [2.05, 4.69) is 6.58 Å². The fourth-order valence-electron chi connectivity index (χ4n) is 1.55. The first-order valence-electron chi connectivity index (χ1n) is 5.68. The largest absolute Gasteiger partial charge is 0.298 e. The lowest BCUT2D eigenvalue weighted by Crippen LogP contribution is -1.86. The van der Waals surface area contributed by atoms with E-state index in [0.29, 0.717) is 0 Å². The lowest BCUT2D eigenvalue weighted by atomic mass is 10.1. The Bertz CT molecular complexity index is 349. The van der Waals surface area contributed by atoms with Crippen molar-refractivity contribution < 1.29 is 4.79 Å². The summed E-state index contributed by atoms with van der Waals surface area (Å²) in [6.45, 7) is 3.68. The smallest absolute Gasteiger partial charge is 0.146 e. The highest BCUT2D eigenvalue weighted by atomic mass is 16.1. The Labute approximate surface area is 97.5 Å². The van der Waals surface area contributed by atoms with Crippen LogP contribution in [0.1, 0.15) is 31.2 Å². The van der Waals surface area contributed by atoms with Crippen LogP contribution in [0.3, 0.4) is 0 Å². The molecule has 0 heterocycles. The number of unbranched alkanes of at least 4 members (excludes halogenated alkanes) is 2. The van der Waals surface area contributed by atoms with E-state index in [-0.39, 0.29) is 0 Å². The van der Waals surface area contributed by atoms with Crippen molar-refractivity contribution in [1.82, 2.24) is 0 Å². The highest BCUT2D eigenvalue weighted by Gasteiger charge is 1.96. The van der Waals surface area contributed by atoms with Gasteiger partial charge in [-0.15, -0.1) is 6.58 Å². The molecule has 0 aliphatic rings. The summed E-state index contributed by atoms with van der Waals surface area (Å²) in [5, 5.41) is 0. The molecule has 0 aliphatic carbocycles. The molecule has 0 unspecified atom stereocenters. The number of carbonyl (C=O) groups is 1. The normalized spacial score (nSPS) is 11.1. The maximum atomic E-state index is 10.9. The number of allylic oxidation sites excluding steroid dienone is 2. The first kappa shape index (κ1) is 12.4. The molecule has 0 saturated carbocycles. The fourth-order valence-corrected chi connectivity index (χ4v) is 1.55. The number of hydrogen-bond acceptors (Lipinski definition) is 1. The highest BCUT2D eigenvalue weighted by Crippen LogP contribution is 2.12. The average Bonchev–Trinajstić information content (AvgIpc) is 2.34. The van der Waals surface area contributed by atoms with Gasteiger partial charge in [0.1, 0.15) is 6.29 Å². The number of hydrogen-bond donors (Lipinski definition) is 0. The molecule has 0 amide bonds. The zero-order chi connectivity index (χ0) is 11.6. The predicted molar refractivity (Wildman–Crippen MR) is 69.1 cm³/mol. The van der Waals surface area contributed by atoms with Crippen LogP contribution < -0.4 is 0 Å². The monoisotopic (exact) mass is 214 g/mol. The fraction of sp³-hybridized carbons (Fsp3) is 0.267. The maximum absolute atomic E-state index is 10.9. The van der Waals surface area contributed by atoms with Gasteiger partial charge >= 0.3 is 0 Å². The average molecular weight is 214 g/mol. The molecule has 0 radical (unpaired) electrons. The summed E-state index contributed by atoms with van der Waals surface area (Å²) in [4.78, 5) is 10.9. The third-order valence-corrected chi connectivity index (χ3v) is 2.43. The Kier molecular flexibility index (Phi) is 5.94. The molecule has 0 aliphatic heterocycles. The third-order valence-electron chi connectivity index (χ3n) is 2.43. The second-order valence-corrected chi connectivity index (χ2v) is 3.78. The Morgan fingerprint density at radius 3 is 2.56 bits per heavy atom. The van der Waals surface area contributed by atoms with E-state index in [0.717, 1.165) is 43.1 Å². The van der Waals surface area contributed by atoms with Gasteiger partial charge in [0.25, 0.3) is 0 Å². The van der Waals surface area contributed by atoms with Gasteiger partial charge in [0, 0.05) is 0 Å². The molecular formula is C15H18O. The van der Waals surface area contributed by atoms with E-state index in [1.807, 2.05) is 42.5 Å². The second kappa shape index (κ2) is 7.63. The second-order valence-electron chi connectivity index (χ2n) is 3.78. The Balaban J connectivity index is 2.50. The summed E-state index contributed by atoms with van der Waals surface area (Å²) in [6, 6.07) is 9.94. The first-order valence-corrected chi connectivity index (χ1v) is 5.68. The van der Waals surface area contributed by atoms with Gasteiger partial charge in [-0.05, 0) is 42.9 Å². The molecule has 1 rings (SSSR count). The molecule has 0 saturated heterocycles. The number of aldehydes is 1. The van der Waals surface area contributed by atoms with Crippen molar-refractivity contribution >= 4 is 12.4 Å². The summed E-state index contributed by atoms with van der Waals surface area (Å²) < 4.78 is 0. The van der Waals surface area contributed by atoms with Crippen molar-refractivity contribution in [3.8, 4) is 0 Å². The SMILES string of the molecule is C=CCCCC/C(C=O)=C\c1ccccc1. The molecule has 16 heavy (non-hydrogen) atoms. The van der Waals surface area contributed by atoms with E-state index in [4.69, 9.17) is 0 Å². The molecule has 0 bridgehead atoms. The van der Waals surface area contributed by atoms with Crippen molar-refractivity contribution in [2.24, 2.45) is 0 Å². The minimum Gasteiger partial charge on any atom is -0.298 e. The van der Waals surface area contributed by atoms with Gasteiger partial charge in [-0.3, -0.25) is 4.79 Å². The van der Waals surface area contributed by atoms with Gasteiger partial charge in [0.2, 0.25) is 0 Å². The molecule has 1 nitrogen and oxygen atoms in total. The van der Waals surface area contributed by atoms with Crippen LogP contribution in [-0.4, -0.2) is 6.29 Å². The Morgan fingerprint density at radius 2 is 1.94 bits per heavy atom. The molecular weight excluding hydrogens is 196 g/mol. The molecule has 1 aromatic rings. The van der Waals surface area contributed by atoms with E-state index in [1.165, 1.54) is 0 Å². The van der Waals surface area contributed by atoms with Crippen LogP contribution in [0, 0.1) is 0 Å². The molecule has 0 spiro atoms. The first-order chi connectivity index (χ1) is 7.86. The molecule has 0 aromatic heterocycles. The van der Waals surface area contributed by atoms with E-state index >= 15 is 0 Å². The van der Waals surface area contributed by atoms with Crippen molar-refractivity contribution in [1.29, 1.82) is 0 Å². The van der Waals surface area contributed by atoms with Crippen LogP contribution in [-0.2, 0) is 4.79 Å². The molecule has 0 atom stereocenters. The highest BCUT2D eigenvalue weighted by molar-refractivity contribution is 5.81. The number of benzene rings is 1. The zero-order valence-corrected chi connectivity index (χ0v) is 9.56. The summed E-state index contributed by atoms with van der Waals surface area (Å²) in [5.74, 6) is 0. The minimum atomic E-state index is 0.853. The van der Waals surface area contributed by atoms with Gasteiger partial charge in [-0.25, -0.2) is 0 Å². The molecule has 1 aromatic carbocycles. The zero-order valence-electron chi connectivity index (χ0n) is 9.56. The third kappa shape index (κ3) is 4.74. The lowest BCUT2D eigenvalue weighted by Gasteiger charge is -1.99. The Morgan fingerprint density at radius 1 is 1.19 bits per heavy atom. The van der Waals surface area contributed by atoms with E-state index in [1.54, 1.807) is 0 Å². The van der Waals surface area contributed by atoms with Crippen molar-refractivity contribution in [3.63, 3.8) is 0 Å². The minimum absolute atomic E-state index is 0.853. The van der Waals surface area contributed by atoms with Crippen molar-refractivity contribution in [2.75, 3.05) is 0 Å². The molecule has 0 N–H and O–H groups in total. The predicted octanol–water partition coefficient (Wildman–Crippen LogP) is 4.02. The van der Waals surface area contributed by atoms with Gasteiger partial charge in [-0.1, -0.05) is 36.4 Å². The van der Waals surface area contributed by atoms with Gasteiger partial charge < -0.3 is 0 Å². The van der Waals surface area contributed by atoms with Gasteiger partial charge in [-0.2, -0.15) is 0 Å². The lowest BCUT2D eigenvalue weighted by molar-refractivity contribution is -0.105. The molecule has 1 heteroatoms. The van der Waals surface area contributed by atoms with Gasteiger partial charge in [0.15, 0.2) is 0 Å². The topological polar surface area (TPSA) is 17.1 Å². The van der Waals surface area contributed by atoms with Crippen molar-refractivity contribution in [2.45, 2.75) is 25.7 Å². The summed E-state index contributed by atoms with van der Waals surface area (Å²) in [5.41, 5.74) is 1.96. The summed E-state index contributed by atoms with van der Waals surface area (Å²) >= 11 is 0. The number of rotatable bonds is 7. The standard InChI is InChI=1S/C15H18O/c1-2-3-4-6-11-15(13-16)12-14-9-7-5-8-10-14/h2,5,7-10,12-13H,1,3-4,6,11H2/b15-12+. The summed E-state index contributed by atoms with van der Waals surface area (Å²) in [7, 11) is 0. The van der Waals surface area contributed by atoms with Crippen LogP contribution in [0.25, 0.3) is 6.08 Å². The van der Waals surface area contributed by atoms with E-state index in [9.17, 15) is 4.79 Å². The quantitative estimate of drug-likeness (QED) is 0.290. The van der Waals surface area contributed by atoms with Crippen LogP contribution in [0.2, 0.25) is 0 Å². The summed E-state index contributed by atoms with van der Waals surface area (Å²) in [6.07, 6.45) is 8.86.